The average molecular weight is 389 g/mol. The van der Waals surface area contributed by atoms with Crippen LogP contribution in [-0.2, 0) is 9.59 Å². The monoisotopic (exact) mass is 388 g/mol. The van der Waals surface area contributed by atoms with Crippen molar-refractivity contribution in [3.05, 3.63) is 53.0 Å². The maximum atomic E-state index is 12.0. The second-order valence-electron chi connectivity index (χ2n) is 5.61. The van der Waals surface area contributed by atoms with Crippen molar-refractivity contribution in [2.45, 2.75) is 12.8 Å². The van der Waals surface area contributed by atoms with Gasteiger partial charge in [-0.05, 0) is 53.0 Å². The lowest BCUT2D eigenvalue weighted by Gasteiger charge is -2.10. The predicted octanol–water partition coefficient (Wildman–Crippen LogP) is 3.82. The predicted molar refractivity (Wildman–Crippen MR) is 96.1 cm³/mol. The molecular weight excluding hydrogens is 372 g/mol. The van der Waals surface area contributed by atoms with E-state index in [0.717, 1.165) is 17.3 Å². The number of hydrogen-bond acceptors (Lipinski definition) is 3. The van der Waals surface area contributed by atoms with Crippen molar-refractivity contribution in [2.24, 2.45) is 5.92 Å². The molecule has 0 bridgehead atoms. The van der Waals surface area contributed by atoms with E-state index >= 15 is 0 Å². The van der Waals surface area contributed by atoms with Gasteiger partial charge in [0.2, 0.25) is 5.91 Å². The van der Waals surface area contributed by atoms with Gasteiger partial charge in [-0.3, -0.25) is 9.59 Å². The number of rotatable bonds is 6. The van der Waals surface area contributed by atoms with Crippen LogP contribution in [0.25, 0.3) is 0 Å². The molecule has 0 atom stereocenters. The maximum Gasteiger partial charge on any atom is 0.262 e. The first kappa shape index (κ1) is 16.5. The largest absolute Gasteiger partial charge is 0.484 e. The molecule has 124 valence electrons. The minimum atomic E-state index is -0.255. The molecule has 24 heavy (non-hydrogen) atoms. The summed E-state index contributed by atoms with van der Waals surface area (Å²) in [6.45, 7) is -0.110. The van der Waals surface area contributed by atoms with E-state index in [1.54, 1.807) is 30.3 Å². The first-order valence-corrected chi connectivity index (χ1v) is 8.49. The van der Waals surface area contributed by atoms with E-state index in [2.05, 4.69) is 26.6 Å². The van der Waals surface area contributed by atoms with Gasteiger partial charge in [-0.15, -0.1) is 0 Å². The number of ether oxygens (including phenoxy) is 1. The minimum absolute atomic E-state index is 0.0406. The lowest BCUT2D eigenvalue weighted by Crippen LogP contribution is -2.20. The van der Waals surface area contributed by atoms with Crippen molar-refractivity contribution < 1.29 is 14.3 Å². The van der Waals surface area contributed by atoms with Crippen LogP contribution in [0.3, 0.4) is 0 Å². The van der Waals surface area contributed by atoms with E-state index in [0.29, 0.717) is 17.1 Å². The zero-order valence-corrected chi connectivity index (χ0v) is 14.5. The van der Waals surface area contributed by atoms with Crippen molar-refractivity contribution in [3.63, 3.8) is 0 Å². The molecule has 1 aliphatic carbocycles. The third-order valence-corrected chi connectivity index (χ3v) is 4.26. The van der Waals surface area contributed by atoms with Gasteiger partial charge >= 0.3 is 0 Å². The van der Waals surface area contributed by atoms with E-state index < -0.39 is 0 Å². The molecule has 2 N–H and O–H groups in total. The zero-order valence-electron chi connectivity index (χ0n) is 12.9. The fraction of sp³-hybridized carbons (Fsp3) is 0.222. The smallest absolute Gasteiger partial charge is 0.262 e. The van der Waals surface area contributed by atoms with Gasteiger partial charge < -0.3 is 15.4 Å². The van der Waals surface area contributed by atoms with E-state index in [4.69, 9.17) is 4.74 Å². The van der Waals surface area contributed by atoms with Crippen molar-refractivity contribution in [3.8, 4) is 5.75 Å². The molecule has 1 fully saturated rings. The number of amides is 2. The van der Waals surface area contributed by atoms with Gasteiger partial charge in [-0.1, -0.05) is 18.2 Å². The summed E-state index contributed by atoms with van der Waals surface area (Å²) in [5.74, 6) is 0.462. The molecule has 0 saturated heterocycles. The Morgan fingerprint density at radius 2 is 1.88 bits per heavy atom. The molecule has 0 spiro atoms. The second kappa shape index (κ2) is 7.49. The van der Waals surface area contributed by atoms with Crippen LogP contribution in [0.2, 0.25) is 0 Å². The Bertz CT molecular complexity index is 759. The molecule has 1 saturated carbocycles. The van der Waals surface area contributed by atoms with Gasteiger partial charge in [0.1, 0.15) is 5.75 Å². The van der Waals surface area contributed by atoms with E-state index in [1.165, 1.54) is 0 Å². The minimum Gasteiger partial charge on any atom is -0.484 e. The molecule has 1 aliphatic rings. The van der Waals surface area contributed by atoms with Crippen LogP contribution in [0, 0.1) is 5.92 Å². The Morgan fingerprint density at radius 1 is 1.08 bits per heavy atom. The van der Waals surface area contributed by atoms with Crippen molar-refractivity contribution in [2.75, 3.05) is 17.2 Å². The molecule has 6 heteroatoms. The number of anilines is 2. The highest BCUT2D eigenvalue weighted by atomic mass is 79.9. The number of carbonyl (C=O) groups excluding carboxylic acids is 2. The molecule has 0 aromatic heterocycles. The Balaban J connectivity index is 1.53. The number of para-hydroxylation sites is 1. The van der Waals surface area contributed by atoms with Gasteiger partial charge in [-0.25, -0.2) is 0 Å². The van der Waals surface area contributed by atoms with E-state index in [1.807, 2.05) is 18.2 Å². The summed E-state index contributed by atoms with van der Waals surface area (Å²) in [6.07, 6.45) is 1.91. The van der Waals surface area contributed by atoms with Crippen LogP contribution in [0.5, 0.6) is 5.75 Å². The summed E-state index contributed by atoms with van der Waals surface area (Å²) >= 11 is 3.37. The summed E-state index contributed by atoms with van der Waals surface area (Å²) in [5, 5.41) is 5.62. The maximum absolute atomic E-state index is 12.0. The topological polar surface area (TPSA) is 67.4 Å². The van der Waals surface area contributed by atoms with Crippen molar-refractivity contribution in [1.29, 1.82) is 0 Å². The van der Waals surface area contributed by atoms with E-state index in [9.17, 15) is 9.59 Å². The zero-order chi connectivity index (χ0) is 16.9. The average Bonchev–Trinajstić information content (AvgIpc) is 3.40. The Hall–Kier alpha value is -2.34. The molecule has 0 aliphatic heterocycles. The number of hydrogen-bond donors (Lipinski definition) is 2. The van der Waals surface area contributed by atoms with Gasteiger partial charge in [0.25, 0.3) is 5.91 Å². The first-order chi connectivity index (χ1) is 11.6. The SMILES string of the molecule is O=C(COc1cccc(NC(=O)C2CC2)c1)Nc1ccccc1Br. The quantitative estimate of drug-likeness (QED) is 0.790. The van der Waals surface area contributed by atoms with Gasteiger partial charge in [0.15, 0.2) is 6.61 Å². The standard InChI is InChI=1S/C18H17BrN2O3/c19-15-6-1-2-7-16(15)21-17(22)11-24-14-5-3-4-13(10-14)20-18(23)12-8-9-12/h1-7,10,12H,8-9,11H2,(H,20,23)(H,21,22). The molecule has 2 aromatic rings. The summed E-state index contributed by atoms with van der Waals surface area (Å²) in [7, 11) is 0. The first-order valence-electron chi connectivity index (χ1n) is 7.70. The summed E-state index contributed by atoms with van der Waals surface area (Å²) in [5.41, 5.74) is 1.37. The lowest BCUT2D eigenvalue weighted by atomic mass is 10.3. The lowest BCUT2D eigenvalue weighted by molar-refractivity contribution is -0.118. The third kappa shape index (κ3) is 4.58. The Labute approximate surface area is 148 Å². The fourth-order valence-electron chi connectivity index (χ4n) is 2.15. The van der Waals surface area contributed by atoms with Crippen LogP contribution >= 0.6 is 15.9 Å². The summed E-state index contributed by atoms with van der Waals surface area (Å²) < 4.78 is 6.31. The van der Waals surface area contributed by atoms with Crippen molar-refractivity contribution in [1.82, 2.24) is 0 Å². The van der Waals surface area contributed by atoms with Crippen LogP contribution in [0.4, 0.5) is 11.4 Å². The van der Waals surface area contributed by atoms with E-state index in [-0.39, 0.29) is 24.3 Å². The summed E-state index contributed by atoms with van der Waals surface area (Å²) in [6, 6.07) is 14.4. The van der Waals surface area contributed by atoms with Crippen LogP contribution in [0.15, 0.2) is 53.0 Å². The highest BCUT2D eigenvalue weighted by Crippen LogP contribution is 2.30. The number of benzene rings is 2. The Morgan fingerprint density at radius 3 is 2.62 bits per heavy atom. The highest BCUT2D eigenvalue weighted by Gasteiger charge is 2.29. The van der Waals surface area contributed by atoms with Crippen molar-refractivity contribution >= 4 is 39.1 Å². The number of nitrogens with one attached hydrogen (secondary N) is 2. The molecule has 2 amide bonds. The molecule has 0 heterocycles. The molecule has 3 rings (SSSR count). The number of halogens is 1. The van der Waals surface area contributed by atoms with Gasteiger partial charge in [0, 0.05) is 22.1 Å². The Kier molecular flexibility index (Phi) is 5.15. The fourth-order valence-corrected chi connectivity index (χ4v) is 2.54. The molecule has 5 nitrogen and oxygen atoms in total. The molecule has 0 unspecified atom stereocenters. The van der Waals surface area contributed by atoms with Crippen LogP contribution < -0.4 is 15.4 Å². The molecule has 2 aromatic carbocycles. The van der Waals surface area contributed by atoms with Gasteiger partial charge in [-0.2, -0.15) is 0 Å². The highest BCUT2D eigenvalue weighted by molar-refractivity contribution is 9.10. The second-order valence-corrected chi connectivity index (χ2v) is 6.46. The summed E-state index contributed by atoms with van der Waals surface area (Å²) in [4.78, 5) is 23.7. The van der Waals surface area contributed by atoms with Gasteiger partial charge in [0.05, 0.1) is 5.69 Å². The number of carbonyl (C=O) groups is 2. The van der Waals surface area contributed by atoms with Crippen LogP contribution in [0.1, 0.15) is 12.8 Å². The molecule has 0 radical (unpaired) electrons. The third-order valence-electron chi connectivity index (χ3n) is 3.57. The van der Waals surface area contributed by atoms with Crippen LogP contribution in [-0.4, -0.2) is 18.4 Å². The normalized spacial score (nSPS) is 13.2. The molecular formula is C18H17BrN2O3.